The van der Waals surface area contributed by atoms with E-state index in [1.165, 1.54) is 17.7 Å². The van der Waals surface area contributed by atoms with Crippen LogP contribution in [0.5, 0.6) is 0 Å². The quantitative estimate of drug-likeness (QED) is 0.836. The first-order valence-corrected chi connectivity index (χ1v) is 6.06. The molecule has 2 nitrogen and oxygen atoms in total. The molecule has 0 saturated carbocycles. The summed E-state index contributed by atoms with van der Waals surface area (Å²) in [7, 11) is 1.91. The summed E-state index contributed by atoms with van der Waals surface area (Å²) in [5.74, 6) is -0.280. The number of hydrogen-bond acceptors (Lipinski definition) is 2. The van der Waals surface area contributed by atoms with Crippen LogP contribution in [0.1, 0.15) is 16.7 Å². The summed E-state index contributed by atoms with van der Waals surface area (Å²) in [5, 5.41) is 8.85. The SMILES string of the molecule is Cc1ccc(N(C)Cc2cc(C#N)ccc2F)cc1. The number of benzene rings is 2. The van der Waals surface area contributed by atoms with E-state index in [0.717, 1.165) is 5.69 Å². The van der Waals surface area contributed by atoms with Gasteiger partial charge in [-0.2, -0.15) is 5.26 Å². The van der Waals surface area contributed by atoms with Gasteiger partial charge in [0.25, 0.3) is 0 Å². The second-order valence-electron chi connectivity index (χ2n) is 4.61. The Kier molecular flexibility index (Phi) is 3.82. The van der Waals surface area contributed by atoms with E-state index >= 15 is 0 Å². The highest BCUT2D eigenvalue weighted by Crippen LogP contribution is 2.18. The molecule has 2 aromatic carbocycles. The zero-order chi connectivity index (χ0) is 13.8. The molecule has 19 heavy (non-hydrogen) atoms. The van der Waals surface area contributed by atoms with E-state index < -0.39 is 0 Å². The summed E-state index contributed by atoms with van der Waals surface area (Å²) in [6.07, 6.45) is 0. The monoisotopic (exact) mass is 254 g/mol. The molecule has 0 heterocycles. The highest BCUT2D eigenvalue weighted by atomic mass is 19.1. The second-order valence-corrected chi connectivity index (χ2v) is 4.61. The molecule has 0 aliphatic heterocycles. The van der Waals surface area contributed by atoms with Crippen molar-refractivity contribution in [1.29, 1.82) is 5.26 Å². The zero-order valence-electron chi connectivity index (χ0n) is 11.0. The van der Waals surface area contributed by atoms with Gasteiger partial charge < -0.3 is 4.90 Å². The topological polar surface area (TPSA) is 27.0 Å². The molecule has 0 radical (unpaired) electrons. The Hall–Kier alpha value is -2.34. The van der Waals surface area contributed by atoms with Crippen molar-refractivity contribution in [3.8, 4) is 6.07 Å². The molecule has 0 aliphatic carbocycles. The molecule has 3 heteroatoms. The molecule has 0 unspecified atom stereocenters. The van der Waals surface area contributed by atoms with Crippen molar-refractivity contribution in [3.05, 3.63) is 65.0 Å². The minimum atomic E-state index is -0.280. The molecule has 0 spiro atoms. The summed E-state index contributed by atoms with van der Waals surface area (Å²) in [4.78, 5) is 1.96. The van der Waals surface area contributed by atoms with Crippen LogP contribution in [-0.2, 0) is 6.54 Å². The molecule has 0 fully saturated rings. The van der Waals surface area contributed by atoms with Crippen LogP contribution in [0.3, 0.4) is 0 Å². The predicted molar refractivity (Wildman–Crippen MR) is 74.4 cm³/mol. The Morgan fingerprint density at radius 1 is 1.16 bits per heavy atom. The highest BCUT2D eigenvalue weighted by molar-refractivity contribution is 5.47. The zero-order valence-corrected chi connectivity index (χ0v) is 11.0. The van der Waals surface area contributed by atoms with Gasteiger partial charge in [0.2, 0.25) is 0 Å². The lowest BCUT2D eigenvalue weighted by Crippen LogP contribution is -2.17. The first-order chi connectivity index (χ1) is 9.10. The number of halogens is 1. The summed E-state index contributed by atoms with van der Waals surface area (Å²) in [6.45, 7) is 2.46. The molecule has 2 aromatic rings. The Bertz CT molecular complexity index is 612. The molecule has 0 aromatic heterocycles. The molecular weight excluding hydrogens is 239 g/mol. The van der Waals surface area contributed by atoms with Gasteiger partial charge in [-0.05, 0) is 37.3 Å². The van der Waals surface area contributed by atoms with Crippen LogP contribution in [0.4, 0.5) is 10.1 Å². The summed E-state index contributed by atoms with van der Waals surface area (Å²) in [6, 6.07) is 14.5. The van der Waals surface area contributed by atoms with Crippen molar-refractivity contribution in [3.63, 3.8) is 0 Å². The van der Waals surface area contributed by atoms with Gasteiger partial charge in [-0.25, -0.2) is 4.39 Å². The Morgan fingerprint density at radius 3 is 2.47 bits per heavy atom. The first-order valence-electron chi connectivity index (χ1n) is 6.06. The smallest absolute Gasteiger partial charge is 0.128 e. The summed E-state index contributed by atoms with van der Waals surface area (Å²) < 4.78 is 13.7. The van der Waals surface area contributed by atoms with Gasteiger partial charge in [0, 0.05) is 24.8 Å². The van der Waals surface area contributed by atoms with E-state index in [1.807, 2.05) is 49.2 Å². The molecule has 96 valence electrons. The number of rotatable bonds is 3. The number of hydrogen-bond donors (Lipinski definition) is 0. The lowest BCUT2D eigenvalue weighted by molar-refractivity contribution is 0.607. The van der Waals surface area contributed by atoms with E-state index in [9.17, 15) is 4.39 Å². The van der Waals surface area contributed by atoms with Crippen LogP contribution < -0.4 is 4.90 Å². The highest BCUT2D eigenvalue weighted by Gasteiger charge is 2.07. The van der Waals surface area contributed by atoms with Gasteiger partial charge in [0.05, 0.1) is 11.6 Å². The Balaban J connectivity index is 2.21. The van der Waals surface area contributed by atoms with E-state index in [-0.39, 0.29) is 5.82 Å². The van der Waals surface area contributed by atoms with Crippen LogP contribution in [0.2, 0.25) is 0 Å². The van der Waals surface area contributed by atoms with Crippen LogP contribution in [0.25, 0.3) is 0 Å². The third kappa shape index (κ3) is 3.11. The van der Waals surface area contributed by atoms with E-state index in [1.54, 1.807) is 6.07 Å². The van der Waals surface area contributed by atoms with Gasteiger partial charge in [0.1, 0.15) is 5.82 Å². The van der Waals surface area contributed by atoms with Crippen molar-refractivity contribution in [2.75, 3.05) is 11.9 Å². The lowest BCUT2D eigenvalue weighted by Gasteiger charge is -2.20. The van der Waals surface area contributed by atoms with Gasteiger partial charge >= 0.3 is 0 Å². The second kappa shape index (κ2) is 5.53. The van der Waals surface area contributed by atoms with Crippen LogP contribution in [0.15, 0.2) is 42.5 Å². The minimum Gasteiger partial charge on any atom is -0.370 e. The molecule has 0 saturated heterocycles. The van der Waals surface area contributed by atoms with Crippen molar-refractivity contribution >= 4 is 5.69 Å². The van der Waals surface area contributed by atoms with E-state index in [0.29, 0.717) is 17.7 Å². The van der Waals surface area contributed by atoms with Crippen molar-refractivity contribution in [2.24, 2.45) is 0 Å². The Labute approximate surface area is 112 Å². The molecule has 2 rings (SSSR count). The van der Waals surface area contributed by atoms with Crippen LogP contribution in [-0.4, -0.2) is 7.05 Å². The number of nitrogens with zero attached hydrogens (tertiary/aromatic N) is 2. The fourth-order valence-corrected chi connectivity index (χ4v) is 1.91. The average molecular weight is 254 g/mol. The standard InChI is InChI=1S/C16H15FN2/c1-12-3-6-15(7-4-12)19(2)11-14-9-13(10-18)5-8-16(14)17/h3-9H,11H2,1-2H3. The molecule has 0 amide bonds. The normalized spacial score (nSPS) is 10.0. The van der Waals surface area contributed by atoms with Gasteiger partial charge in [0.15, 0.2) is 0 Å². The number of nitriles is 1. The van der Waals surface area contributed by atoms with E-state index in [2.05, 4.69) is 0 Å². The van der Waals surface area contributed by atoms with Crippen LogP contribution in [0, 0.1) is 24.1 Å². The third-order valence-corrected chi connectivity index (χ3v) is 3.06. The van der Waals surface area contributed by atoms with E-state index in [4.69, 9.17) is 5.26 Å². The maximum atomic E-state index is 13.7. The minimum absolute atomic E-state index is 0.280. The van der Waals surface area contributed by atoms with Gasteiger partial charge in [-0.15, -0.1) is 0 Å². The fourth-order valence-electron chi connectivity index (χ4n) is 1.91. The van der Waals surface area contributed by atoms with Crippen LogP contribution >= 0.6 is 0 Å². The maximum absolute atomic E-state index is 13.7. The van der Waals surface area contributed by atoms with Crippen molar-refractivity contribution in [1.82, 2.24) is 0 Å². The van der Waals surface area contributed by atoms with Crippen molar-refractivity contribution < 1.29 is 4.39 Å². The number of aryl methyl sites for hydroxylation is 1. The summed E-state index contributed by atoms with van der Waals surface area (Å²) in [5.41, 5.74) is 3.22. The molecule has 0 bridgehead atoms. The van der Waals surface area contributed by atoms with Gasteiger partial charge in [-0.3, -0.25) is 0 Å². The molecular formula is C16H15FN2. The molecule has 0 atom stereocenters. The number of anilines is 1. The maximum Gasteiger partial charge on any atom is 0.128 e. The average Bonchev–Trinajstić information content (AvgIpc) is 2.42. The largest absolute Gasteiger partial charge is 0.370 e. The summed E-state index contributed by atoms with van der Waals surface area (Å²) >= 11 is 0. The Morgan fingerprint density at radius 2 is 1.84 bits per heavy atom. The van der Waals surface area contributed by atoms with Gasteiger partial charge in [-0.1, -0.05) is 17.7 Å². The molecule has 0 aliphatic rings. The fraction of sp³-hybridized carbons (Fsp3) is 0.188. The van der Waals surface area contributed by atoms with Crippen molar-refractivity contribution in [2.45, 2.75) is 13.5 Å². The first kappa shape index (κ1) is 13.1. The predicted octanol–water partition coefficient (Wildman–Crippen LogP) is 3.64. The third-order valence-electron chi connectivity index (χ3n) is 3.06. The lowest BCUT2D eigenvalue weighted by atomic mass is 10.1. The molecule has 0 N–H and O–H groups in total.